The van der Waals surface area contributed by atoms with Crippen LogP contribution in [0, 0.1) is 6.92 Å². The molecule has 0 aliphatic heterocycles. The summed E-state index contributed by atoms with van der Waals surface area (Å²) in [7, 11) is 1.61. The van der Waals surface area contributed by atoms with Gasteiger partial charge in [-0.15, -0.1) is 0 Å². The van der Waals surface area contributed by atoms with Crippen LogP contribution in [0.1, 0.15) is 22.2 Å². The molecule has 28 heavy (non-hydrogen) atoms. The summed E-state index contributed by atoms with van der Waals surface area (Å²) >= 11 is 17.3. The first kappa shape index (κ1) is 19.1. The van der Waals surface area contributed by atoms with Crippen LogP contribution in [0.25, 0.3) is 16.6 Å². The third-order valence-electron chi connectivity index (χ3n) is 4.64. The van der Waals surface area contributed by atoms with Gasteiger partial charge in [0.05, 0.1) is 32.7 Å². The molecule has 1 atom stereocenters. The average Bonchev–Trinajstić information content (AvgIpc) is 3.04. The molecule has 2 heterocycles. The standard InChI is InChI=1S/C20H16Cl2N4OS/c1-11-16-17(19(28)12-6-4-3-5-7-12)23-25(2)20(27)18(16)24-26(11)15-10-13(21)8-9-14(15)22/h3-10,19,28H,1-2H3. The number of hydrogen-bond acceptors (Lipinski definition) is 4. The molecule has 5 nitrogen and oxygen atoms in total. The molecule has 8 heteroatoms. The van der Waals surface area contributed by atoms with Gasteiger partial charge in [-0.3, -0.25) is 4.79 Å². The summed E-state index contributed by atoms with van der Waals surface area (Å²) in [6.45, 7) is 1.88. The molecule has 0 fully saturated rings. The van der Waals surface area contributed by atoms with Gasteiger partial charge in [0.25, 0.3) is 5.56 Å². The lowest BCUT2D eigenvalue weighted by atomic mass is 10.1. The third-order valence-corrected chi connectivity index (χ3v) is 5.73. The van der Waals surface area contributed by atoms with E-state index >= 15 is 0 Å². The second-order valence-corrected chi connectivity index (χ2v) is 7.80. The van der Waals surface area contributed by atoms with Crippen molar-refractivity contribution in [2.24, 2.45) is 7.05 Å². The van der Waals surface area contributed by atoms with Crippen LogP contribution in [-0.2, 0) is 7.05 Å². The Bertz CT molecular complexity index is 1250. The lowest BCUT2D eigenvalue weighted by Crippen LogP contribution is -2.22. The summed E-state index contributed by atoms with van der Waals surface area (Å²) < 4.78 is 2.93. The molecule has 0 N–H and O–H groups in total. The van der Waals surface area contributed by atoms with Crippen molar-refractivity contribution in [3.8, 4) is 5.69 Å². The zero-order chi connectivity index (χ0) is 20.0. The molecular formula is C20H16Cl2N4OS. The van der Waals surface area contributed by atoms with Crippen molar-refractivity contribution in [3.63, 3.8) is 0 Å². The molecule has 0 aliphatic rings. The third kappa shape index (κ3) is 3.11. The van der Waals surface area contributed by atoms with Crippen molar-refractivity contribution < 1.29 is 0 Å². The molecule has 4 aromatic rings. The Morgan fingerprint density at radius 3 is 2.50 bits per heavy atom. The number of fused-ring (bicyclic) bond motifs is 1. The zero-order valence-corrected chi connectivity index (χ0v) is 17.5. The second kappa shape index (κ2) is 7.28. The SMILES string of the molecule is Cc1c2c(C(S)c3ccccc3)nn(C)c(=O)c2nn1-c1cc(Cl)ccc1Cl. The van der Waals surface area contributed by atoms with Gasteiger partial charge in [0.15, 0.2) is 5.52 Å². The maximum atomic E-state index is 12.7. The molecule has 2 aromatic carbocycles. The number of rotatable bonds is 3. The fourth-order valence-electron chi connectivity index (χ4n) is 3.24. The van der Waals surface area contributed by atoms with Gasteiger partial charge in [0.2, 0.25) is 0 Å². The summed E-state index contributed by atoms with van der Waals surface area (Å²) in [5, 5.41) is 10.4. The number of aryl methyl sites for hydroxylation is 2. The zero-order valence-electron chi connectivity index (χ0n) is 15.1. The molecule has 0 saturated carbocycles. The number of benzene rings is 2. The minimum atomic E-state index is -0.318. The van der Waals surface area contributed by atoms with Crippen LogP contribution in [-0.4, -0.2) is 19.6 Å². The van der Waals surface area contributed by atoms with E-state index in [1.165, 1.54) is 4.68 Å². The van der Waals surface area contributed by atoms with Gasteiger partial charge in [-0.25, -0.2) is 9.36 Å². The van der Waals surface area contributed by atoms with Crippen LogP contribution in [0.4, 0.5) is 0 Å². The highest BCUT2D eigenvalue weighted by Crippen LogP contribution is 2.34. The summed E-state index contributed by atoms with van der Waals surface area (Å²) in [5.41, 5.74) is 3.02. The Morgan fingerprint density at radius 1 is 1.07 bits per heavy atom. The molecule has 1 unspecified atom stereocenters. The number of nitrogens with zero attached hydrogens (tertiary/aromatic N) is 4. The Kier molecular flexibility index (Phi) is 4.95. The van der Waals surface area contributed by atoms with E-state index in [1.54, 1.807) is 29.9 Å². The lowest BCUT2D eigenvalue weighted by molar-refractivity contribution is 0.693. The van der Waals surface area contributed by atoms with E-state index in [-0.39, 0.29) is 10.8 Å². The van der Waals surface area contributed by atoms with E-state index in [4.69, 9.17) is 35.8 Å². The van der Waals surface area contributed by atoms with Gasteiger partial charge in [0, 0.05) is 12.1 Å². The number of hydrogen-bond donors (Lipinski definition) is 1. The summed E-state index contributed by atoms with van der Waals surface area (Å²) in [4.78, 5) is 12.7. The first-order valence-electron chi connectivity index (χ1n) is 8.53. The predicted molar refractivity (Wildman–Crippen MR) is 116 cm³/mol. The van der Waals surface area contributed by atoms with E-state index in [2.05, 4.69) is 10.2 Å². The maximum Gasteiger partial charge on any atom is 0.294 e. The van der Waals surface area contributed by atoms with Gasteiger partial charge >= 0.3 is 0 Å². The highest BCUT2D eigenvalue weighted by molar-refractivity contribution is 7.80. The minimum absolute atomic E-state index is 0.285. The van der Waals surface area contributed by atoms with E-state index < -0.39 is 0 Å². The van der Waals surface area contributed by atoms with Crippen molar-refractivity contribution in [1.29, 1.82) is 0 Å². The number of aromatic nitrogens is 4. The van der Waals surface area contributed by atoms with Crippen molar-refractivity contribution in [3.05, 3.63) is 85.9 Å². The monoisotopic (exact) mass is 430 g/mol. The van der Waals surface area contributed by atoms with Gasteiger partial charge in [0.1, 0.15) is 0 Å². The normalized spacial score (nSPS) is 12.5. The minimum Gasteiger partial charge on any atom is -0.265 e. The van der Waals surface area contributed by atoms with Crippen LogP contribution in [0.15, 0.2) is 53.3 Å². The van der Waals surface area contributed by atoms with Gasteiger partial charge in [-0.1, -0.05) is 53.5 Å². The molecule has 0 amide bonds. The van der Waals surface area contributed by atoms with E-state index in [1.807, 2.05) is 37.3 Å². The Labute approximate surface area is 176 Å². The van der Waals surface area contributed by atoms with Crippen molar-refractivity contribution in [2.45, 2.75) is 12.2 Å². The maximum absolute atomic E-state index is 12.7. The van der Waals surface area contributed by atoms with Crippen LogP contribution in [0.5, 0.6) is 0 Å². The second-order valence-electron chi connectivity index (χ2n) is 6.44. The summed E-state index contributed by atoms with van der Waals surface area (Å²) in [6, 6.07) is 14.9. The van der Waals surface area contributed by atoms with E-state index in [0.717, 1.165) is 11.3 Å². The molecule has 0 aliphatic carbocycles. The fraction of sp³-hybridized carbons (Fsp3) is 0.150. The Hall–Kier alpha value is -2.28. The summed E-state index contributed by atoms with van der Waals surface area (Å²) in [5.74, 6) is 0. The topological polar surface area (TPSA) is 52.7 Å². The predicted octanol–water partition coefficient (Wildman–Crippen LogP) is 4.75. The van der Waals surface area contributed by atoms with Gasteiger partial charge in [-0.2, -0.15) is 22.8 Å². The lowest BCUT2D eigenvalue weighted by Gasteiger charge is -2.13. The van der Waals surface area contributed by atoms with Crippen LogP contribution < -0.4 is 5.56 Å². The molecule has 0 bridgehead atoms. The number of thiol groups is 1. The molecule has 0 radical (unpaired) electrons. The smallest absolute Gasteiger partial charge is 0.265 e. The first-order valence-corrected chi connectivity index (χ1v) is 9.80. The largest absolute Gasteiger partial charge is 0.294 e. The van der Waals surface area contributed by atoms with Gasteiger partial charge < -0.3 is 0 Å². The summed E-state index contributed by atoms with van der Waals surface area (Å²) in [6.07, 6.45) is 0. The average molecular weight is 431 g/mol. The Morgan fingerprint density at radius 2 is 1.79 bits per heavy atom. The van der Waals surface area contributed by atoms with Crippen molar-refractivity contribution in [2.75, 3.05) is 0 Å². The molecule has 2 aromatic heterocycles. The first-order chi connectivity index (χ1) is 13.4. The Balaban J connectivity index is 2.03. The van der Waals surface area contributed by atoms with Crippen LogP contribution in [0.2, 0.25) is 10.0 Å². The molecule has 142 valence electrons. The molecule has 4 rings (SSSR count). The highest BCUT2D eigenvalue weighted by Gasteiger charge is 2.23. The van der Waals surface area contributed by atoms with Crippen molar-refractivity contribution >= 4 is 46.7 Å². The van der Waals surface area contributed by atoms with E-state index in [0.29, 0.717) is 32.3 Å². The van der Waals surface area contributed by atoms with Crippen LogP contribution >= 0.6 is 35.8 Å². The van der Waals surface area contributed by atoms with Crippen molar-refractivity contribution in [1.82, 2.24) is 19.6 Å². The van der Waals surface area contributed by atoms with Gasteiger partial charge in [-0.05, 0) is 30.7 Å². The van der Waals surface area contributed by atoms with Crippen LogP contribution in [0.3, 0.4) is 0 Å². The highest BCUT2D eigenvalue weighted by atomic mass is 35.5. The molecule has 0 saturated heterocycles. The fourth-order valence-corrected chi connectivity index (χ4v) is 3.95. The molecular weight excluding hydrogens is 415 g/mol. The quantitative estimate of drug-likeness (QED) is 0.476. The molecule has 0 spiro atoms. The number of halogens is 2. The van der Waals surface area contributed by atoms with E-state index in [9.17, 15) is 4.79 Å².